The Morgan fingerprint density at radius 3 is 3.00 bits per heavy atom. The summed E-state index contributed by atoms with van der Waals surface area (Å²) in [5.41, 5.74) is 0. The molecule has 1 fully saturated rings. The van der Waals surface area contributed by atoms with Crippen LogP contribution in [-0.4, -0.2) is 49.4 Å². The molecule has 5 nitrogen and oxygen atoms in total. The lowest BCUT2D eigenvalue weighted by Crippen LogP contribution is -2.46. The predicted octanol–water partition coefficient (Wildman–Crippen LogP) is 0.555. The van der Waals surface area contributed by atoms with Crippen molar-refractivity contribution in [3.63, 3.8) is 0 Å². The Balaban J connectivity index is 2.01. The summed E-state index contributed by atoms with van der Waals surface area (Å²) < 4.78 is 5.61. The molecule has 1 N–H and O–H groups in total. The Labute approximate surface area is 99.8 Å². The van der Waals surface area contributed by atoms with E-state index in [1.165, 1.54) is 0 Å². The highest BCUT2D eigenvalue weighted by molar-refractivity contribution is 6.30. The molecule has 0 spiro atoms. The molecule has 88 valence electrons. The van der Waals surface area contributed by atoms with Crippen LogP contribution < -0.4 is 10.2 Å². The molecule has 6 heteroatoms. The molecule has 1 unspecified atom stereocenters. The Hall–Kier alpha value is -0.910. The van der Waals surface area contributed by atoms with Gasteiger partial charge in [0.15, 0.2) is 0 Å². The minimum Gasteiger partial charge on any atom is -0.373 e. The maximum absolute atomic E-state index is 5.75. The normalized spacial score (nSPS) is 21.1. The summed E-state index contributed by atoms with van der Waals surface area (Å²) in [6.07, 6.45) is 3.43. The van der Waals surface area contributed by atoms with Crippen LogP contribution in [0.25, 0.3) is 0 Å². The van der Waals surface area contributed by atoms with Gasteiger partial charge in [-0.05, 0) is 7.05 Å². The number of anilines is 1. The van der Waals surface area contributed by atoms with E-state index in [2.05, 4.69) is 20.2 Å². The van der Waals surface area contributed by atoms with E-state index < -0.39 is 0 Å². The lowest BCUT2D eigenvalue weighted by Gasteiger charge is -2.32. The quantitative estimate of drug-likeness (QED) is 0.839. The number of nitrogens with zero attached hydrogens (tertiary/aromatic N) is 3. The van der Waals surface area contributed by atoms with Crippen LogP contribution in [0.5, 0.6) is 0 Å². The van der Waals surface area contributed by atoms with Crippen LogP contribution in [0.15, 0.2) is 12.4 Å². The van der Waals surface area contributed by atoms with Gasteiger partial charge < -0.3 is 15.0 Å². The summed E-state index contributed by atoms with van der Waals surface area (Å²) in [6, 6.07) is 0. The van der Waals surface area contributed by atoms with Crippen molar-refractivity contribution in [3.05, 3.63) is 17.4 Å². The zero-order valence-corrected chi connectivity index (χ0v) is 9.94. The van der Waals surface area contributed by atoms with E-state index >= 15 is 0 Å². The van der Waals surface area contributed by atoms with Gasteiger partial charge >= 0.3 is 0 Å². The number of ether oxygens (including phenoxy) is 1. The van der Waals surface area contributed by atoms with Crippen LogP contribution >= 0.6 is 11.6 Å². The molecule has 1 aromatic heterocycles. The second-order valence-corrected chi connectivity index (χ2v) is 4.13. The maximum Gasteiger partial charge on any atom is 0.225 e. The second-order valence-electron chi connectivity index (χ2n) is 3.70. The van der Waals surface area contributed by atoms with Crippen molar-refractivity contribution < 1.29 is 4.74 Å². The van der Waals surface area contributed by atoms with E-state index in [1.54, 1.807) is 12.4 Å². The minimum absolute atomic E-state index is 0.193. The third-order valence-corrected chi connectivity index (χ3v) is 2.66. The predicted molar refractivity (Wildman–Crippen MR) is 62.9 cm³/mol. The molecule has 1 aromatic rings. The monoisotopic (exact) mass is 242 g/mol. The molecule has 1 aliphatic heterocycles. The first-order chi connectivity index (χ1) is 7.79. The molecule has 2 rings (SSSR count). The zero-order chi connectivity index (χ0) is 11.4. The minimum atomic E-state index is 0.193. The average molecular weight is 243 g/mol. The summed E-state index contributed by atoms with van der Waals surface area (Å²) in [7, 11) is 1.92. The van der Waals surface area contributed by atoms with Gasteiger partial charge in [0.05, 0.1) is 30.1 Å². The molecule has 1 saturated heterocycles. The van der Waals surface area contributed by atoms with Crippen molar-refractivity contribution >= 4 is 17.5 Å². The highest BCUT2D eigenvalue weighted by Gasteiger charge is 2.21. The average Bonchev–Trinajstić information content (AvgIpc) is 2.31. The van der Waals surface area contributed by atoms with Gasteiger partial charge in [-0.25, -0.2) is 9.97 Å². The number of morpholine rings is 1. The SMILES string of the molecule is CNCC1CN(c2ncc(Cl)cn2)CCO1. The smallest absolute Gasteiger partial charge is 0.225 e. The summed E-state index contributed by atoms with van der Waals surface area (Å²) in [5.74, 6) is 0.716. The highest BCUT2D eigenvalue weighted by Crippen LogP contribution is 2.13. The maximum atomic E-state index is 5.75. The lowest BCUT2D eigenvalue weighted by molar-refractivity contribution is 0.0416. The number of halogens is 1. The van der Waals surface area contributed by atoms with Crippen LogP contribution in [0.3, 0.4) is 0 Å². The molecule has 1 aliphatic rings. The standard InChI is InChI=1S/C10H15ClN4O/c1-12-6-9-7-15(2-3-16-9)10-13-4-8(11)5-14-10/h4-5,9,12H,2-3,6-7H2,1H3. The van der Waals surface area contributed by atoms with Crippen LogP contribution in [0.4, 0.5) is 5.95 Å². The van der Waals surface area contributed by atoms with Gasteiger partial charge in [0, 0.05) is 19.6 Å². The molecule has 1 atom stereocenters. The van der Waals surface area contributed by atoms with Crippen molar-refractivity contribution in [2.45, 2.75) is 6.10 Å². The summed E-state index contributed by atoms with van der Waals surface area (Å²) in [5, 5.41) is 3.66. The first-order valence-corrected chi connectivity index (χ1v) is 5.66. The van der Waals surface area contributed by atoms with Gasteiger partial charge in [-0.2, -0.15) is 0 Å². The first-order valence-electron chi connectivity index (χ1n) is 5.28. The number of likely N-dealkylation sites (N-methyl/N-ethyl adjacent to an activating group) is 1. The van der Waals surface area contributed by atoms with E-state index in [4.69, 9.17) is 16.3 Å². The third-order valence-electron chi connectivity index (χ3n) is 2.46. The van der Waals surface area contributed by atoms with E-state index in [0.29, 0.717) is 17.6 Å². The largest absolute Gasteiger partial charge is 0.373 e. The van der Waals surface area contributed by atoms with E-state index in [0.717, 1.165) is 19.6 Å². The number of hydrogen-bond acceptors (Lipinski definition) is 5. The molecule has 0 aromatic carbocycles. The Bertz CT molecular complexity index is 330. The molecular formula is C10H15ClN4O. The third kappa shape index (κ3) is 2.81. The fraction of sp³-hybridized carbons (Fsp3) is 0.600. The topological polar surface area (TPSA) is 50.3 Å². The lowest BCUT2D eigenvalue weighted by atomic mass is 10.3. The molecule has 0 radical (unpaired) electrons. The summed E-state index contributed by atoms with van der Waals surface area (Å²) in [6.45, 7) is 3.17. The Kier molecular flexibility index (Phi) is 3.93. The van der Waals surface area contributed by atoms with Crippen LogP contribution in [0.1, 0.15) is 0 Å². The molecule has 0 saturated carbocycles. The molecule has 2 heterocycles. The van der Waals surface area contributed by atoms with E-state index in [1.807, 2.05) is 7.05 Å². The second kappa shape index (κ2) is 5.43. The van der Waals surface area contributed by atoms with Crippen molar-refractivity contribution in [2.75, 3.05) is 38.2 Å². The van der Waals surface area contributed by atoms with Gasteiger partial charge in [0.2, 0.25) is 5.95 Å². The Morgan fingerprint density at radius 1 is 1.56 bits per heavy atom. The fourth-order valence-corrected chi connectivity index (χ4v) is 1.82. The van der Waals surface area contributed by atoms with E-state index in [9.17, 15) is 0 Å². The molecular weight excluding hydrogens is 228 g/mol. The van der Waals surface area contributed by atoms with Gasteiger partial charge in [0.1, 0.15) is 0 Å². The molecule has 0 bridgehead atoms. The van der Waals surface area contributed by atoms with Gasteiger partial charge in [-0.3, -0.25) is 0 Å². The zero-order valence-electron chi connectivity index (χ0n) is 9.19. The van der Waals surface area contributed by atoms with Crippen molar-refractivity contribution in [1.82, 2.24) is 15.3 Å². The van der Waals surface area contributed by atoms with Gasteiger partial charge in [-0.1, -0.05) is 11.6 Å². The first kappa shape index (κ1) is 11.6. The van der Waals surface area contributed by atoms with E-state index in [-0.39, 0.29) is 6.10 Å². The number of nitrogens with one attached hydrogen (secondary N) is 1. The van der Waals surface area contributed by atoms with Gasteiger partial charge in [0.25, 0.3) is 0 Å². The Morgan fingerprint density at radius 2 is 2.31 bits per heavy atom. The fourth-order valence-electron chi connectivity index (χ4n) is 1.72. The number of rotatable bonds is 3. The van der Waals surface area contributed by atoms with Crippen molar-refractivity contribution in [2.24, 2.45) is 0 Å². The molecule has 0 amide bonds. The van der Waals surface area contributed by atoms with Gasteiger partial charge in [-0.15, -0.1) is 0 Å². The van der Waals surface area contributed by atoms with Crippen molar-refractivity contribution in [1.29, 1.82) is 0 Å². The summed E-state index contributed by atoms with van der Waals surface area (Å²) in [4.78, 5) is 10.5. The van der Waals surface area contributed by atoms with Crippen LogP contribution in [-0.2, 0) is 4.74 Å². The molecule has 16 heavy (non-hydrogen) atoms. The number of aromatic nitrogens is 2. The van der Waals surface area contributed by atoms with Crippen LogP contribution in [0.2, 0.25) is 5.02 Å². The number of hydrogen-bond donors (Lipinski definition) is 1. The van der Waals surface area contributed by atoms with Crippen molar-refractivity contribution in [3.8, 4) is 0 Å². The highest BCUT2D eigenvalue weighted by atomic mass is 35.5. The van der Waals surface area contributed by atoms with Crippen LogP contribution in [0, 0.1) is 0 Å². The molecule has 0 aliphatic carbocycles. The summed E-state index contributed by atoms with van der Waals surface area (Å²) >= 11 is 5.75.